The third-order valence-corrected chi connectivity index (χ3v) is 3.48. The number of amides is 2. The molecule has 1 aliphatic carbocycles. The molecule has 2 rings (SSSR count). The Kier molecular flexibility index (Phi) is 4.81. The highest BCUT2D eigenvalue weighted by Gasteiger charge is 2.24. The molecule has 0 bridgehead atoms. The van der Waals surface area contributed by atoms with Crippen LogP contribution in [0.3, 0.4) is 0 Å². The number of nitrogens with one attached hydrogen (secondary N) is 1. The van der Waals surface area contributed by atoms with Crippen LogP contribution in [0.2, 0.25) is 0 Å². The summed E-state index contributed by atoms with van der Waals surface area (Å²) < 4.78 is 5.14. The molecule has 2 amide bonds. The number of hydrogen-bond acceptors (Lipinski definition) is 4. The van der Waals surface area contributed by atoms with Crippen LogP contribution in [0.5, 0.6) is 0 Å². The van der Waals surface area contributed by atoms with Gasteiger partial charge in [0.05, 0.1) is 19.1 Å². The number of urea groups is 1. The molecule has 1 heterocycles. The number of hydrogen-bond donors (Lipinski definition) is 1. The summed E-state index contributed by atoms with van der Waals surface area (Å²) in [5.41, 5.74) is 2.23. The molecule has 0 radical (unpaired) electrons. The minimum atomic E-state index is -0.359. The van der Waals surface area contributed by atoms with Crippen molar-refractivity contribution < 1.29 is 19.2 Å². The molecule has 1 N–H and O–H groups in total. The molecule has 0 spiro atoms. The van der Waals surface area contributed by atoms with Gasteiger partial charge < -0.3 is 14.5 Å². The third-order valence-electron chi connectivity index (χ3n) is 3.48. The minimum absolute atomic E-state index is 0.0521. The number of rotatable bonds is 1. The van der Waals surface area contributed by atoms with E-state index in [1.165, 1.54) is 6.42 Å². The van der Waals surface area contributed by atoms with Crippen LogP contribution in [0.4, 0.5) is 4.79 Å². The minimum Gasteiger partial charge on any atom is -0.378 e. The second kappa shape index (κ2) is 6.58. The zero-order valence-electron chi connectivity index (χ0n) is 10.5. The first-order chi connectivity index (χ1) is 8.77. The Bertz CT molecular complexity index is 266. The average Bonchev–Trinajstić information content (AvgIpc) is 2.46. The Labute approximate surface area is 107 Å². The number of carbonyl (C=O) groups excluding carboxylic acids is 2. The Morgan fingerprint density at radius 3 is 2.44 bits per heavy atom. The van der Waals surface area contributed by atoms with Crippen molar-refractivity contribution in [2.24, 2.45) is 5.92 Å². The van der Waals surface area contributed by atoms with Gasteiger partial charge in [-0.25, -0.2) is 9.59 Å². The number of nitrogens with zero attached hydrogens (tertiary/aromatic N) is 1. The lowest BCUT2D eigenvalue weighted by Gasteiger charge is -2.27. The molecule has 18 heavy (non-hydrogen) atoms. The van der Waals surface area contributed by atoms with Gasteiger partial charge in [-0.05, 0) is 12.8 Å². The van der Waals surface area contributed by atoms with Crippen LogP contribution in [0, 0.1) is 5.92 Å². The topological polar surface area (TPSA) is 67.9 Å². The van der Waals surface area contributed by atoms with Crippen LogP contribution in [0.1, 0.15) is 32.1 Å². The van der Waals surface area contributed by atoms with E-state index in [9.17, 15) is 9.59 Å². The van der Waals surface area contributed by atoms with Crippen LogP contribution < -0.4 is 5.48 Å². The highest BCUT2D eigenvalue weighted by atomic mass is 16.7. The Morgan fingerprint density at radius 2 is 1.78 bits per heavy atom. The molecular weight excluding hydrogens is 236 g/mol. The molecule has 1 saturated carbocycles. The van der Waals surface area contributed by atoms with E-state index in [0.29, 0.717) is 26.3 Å². The monoisotopic (exact) mass is 256 g/mol. The fourth-order valence-electron chi connectivity index (χ4n) is 2.35. The average molecular weight is 256 g/mol. The van der Waals surface area contributed by atoms with Crippen molar-refractivity contribution in [3.05, 3.63) is 0 Å². The lowest BCUT2D eigenvalue weighted by Crippen LogP contribution is -2.47. The van der Waals surface area contributed by atoms with Gasteiger partial charge in [0.15, 0.2) is 0 Å². The van der Waals surface area contributed by atoms with Crippen LogP contribution in [0.15, 0.2) is 0 Å². The summed E-state index contributed by atoms with van der Waals surface area (Å²) >= 11 is 0. The summed E-state index contributed by atoms with van der Waals surface area (Å²) in [6.07, 6.45) is 5.05. The van der Waals surface area contributed by atoms with Crippen molar-refractivity contribution in [1.29, 1.82) is 0 Å². The number of ether oxygens (including phenoxy) is 1. The molecule has 0 aromatic heterocycles. The molecule has 2 aliphatic rings. The molecule has 6 nitrogen and oxygen atoms in total. The van der Waals surface area contributed by atoms with Crippen molar-refractivity contribution in [3.63, 3.8) is 0 Å². The summed E-state index contributed by atoms with van der Waals surface area (Å²) in [6.45, 7) is 2.13. The second-order valence-electron chi connectivity index (χ2n) is 4.76. The molecule has 0 aromatic rings. The molecule has 0 aromatic carbocycles. The smallest absolute Gasteiger partial charge is 0.350 e. The van der Waals surface area contributed by atoms with Crippen molar-refractivity contribution in [2.75, 3.05) is 26.3 Å². The van der Waals surface area contributed by atoms with Crippen LogP contribution in [-0.2, 0) is 14.4 Å². The van der Waals surface area contributed by atoms with Gasteiger partial charge in [-0.15, -0.1) is 0 Å². The first kappa shape index (κ1) is 13.1. The van der Waals surface area contributed by atoms with Gasteiger partial charge in [-0.1, -0.05) is 19.3 Å². The third kappa shape index (κ3) is 3.60. The summed E-state index contributed by atoms with van der Waals surface area (Å²) in [5.74, 6) is -0.361. The van der Waals surface area contributed by atoms with Gasteiger partial charge in [-0.3, -0.25) is 0 Å². The van der Waals surface area contributed by atoms with Crippen molar-refractivity contribution in [1.82, 2.24) is 10.4 Å². The van der Waals surface area contributed by atoms with E-state index < -0.39 is 0 Å². The predicted molar refractivity (Wildman–Crippen MR) is 63.6 cm³/mol. The van der Waals surface area contributed by atoms with E-state index in [-0.39, 0.29) is 17.9 Å². The van der Waals surface area contributed by atoms with E-state index in [1.54, 1.807) is 4.90 Å². The fourth-order valence-corrected chi connectivity index (χ4v) is 2.35. The molecule has 6 heteroatoms. The maximum Gasteiger partial charge on any atom is 0.350 e. The number of hydroxylamine groups is 1. The molecule has 0 unspecified atom stereocenters. The lowest BCUT2D eigenvalue weighted by molar-refractivity contribution is -0.155. The normalized spacial score (nSPS) is 21.4. The van der Waals surface area contributed by atoms with E-state index in [2.05, 4.69) is 5.48 Å². The van der Waals surface area contributed by atoms with Gasteiger partial charge in [0.2, 0.25) is 0 Å². The first-order valence-electron chi connectivity index (χ1n) is 6.61. The molecule has 2 fully saturated rings. The lowest BCUT2D eigenvalue weighted by atomic mass is 9.89. The summed E-state index contributed by atoms with van der Waals surface area (Å²) in [6, 6.07) is -0.359. The van der Waals surface area contributed by atoms with Gasteiger partial charge in [-0.2, -0.15) is 5.48 Å². The predicted octanol–water partition coefficient (Wildman–Crippen LogP) is 1.07. The standard InChI is InChI=1S/C12H20N2O4/c15-11(10-4-2-1-3-5-10)18-13-12(16)14-6-8-17-9-7-14/h10H,1-9H2,(H,13,16). The molecular formula is C12H20N2O4. The maximum absolute atomic E-state index is 11.7. The van der Waals surface area contributed by atoms with Crippen molar-refractivity contribution >= 4 is 12.0 Å². The van der Waals surface area contributed by atoms with Gasteiger partial charge >= 0.3 is 12.0 Å². The maximum atomic E-state index is 11.7. The fraction of sp³-hybridized carbons (Fsp3) is 0.833. The van der Waals surface area contributed by atoms with Gasteiger partial charge in [0.25, 0.3) is 0 Å². The second-order valence-corrected chi connectivity index (χ2v) is 4.76. The van der Waals surface area contributed by atoms with Gasteiger partial charge in [0.1, 0.15) is 0 Å². The Hall–Kier alpha value is -1.30. The highest BCUT2D eigenvalue weighted by molar-refractivity contribution is 5.77. The van der Waals surface area contributed by atoms with Crippen molar-refractivity contribution in [2.45, 2.75) is 32.1 Å². The SMILES string of the molecule is O=C(ONC(=O)N1CCOCC1)C1CCCCC1. The number of carbonyl (C=O) groups is 2. The number of morpholine rings is 1. The highest BCUT2D eigenvalue weighted by Crippen LogP contribution is 2.24. The summed E-state index contributed by atoms with van der Waals surface area (Å²) in [4.78, 5) is 29.8. The summed E-state index contributed by atoms with van der Waals surface area (Å²) in [7, 11) is 0. The molecule has 102 valence electrons. The zero-order valence-corrected chi connectivity index (χ0v) is 10.5. The molecule has 1 aliphatic heterocycles. The Balaban J connectivity index is 1.69. The van der Waals surface area contributed by atoms with Crippen LogP contribution in [-0.4, -0.2) is 43.2 Å². The van der Waals surface area contributed by atoms with Crippen LogP contribution >= 0.6 is 0 Å². The van der Waals surface area contributed by atoms with Crippen molar-refractivity contribution in [3.8, 4) is 0 Å². The van der Waals surface area contributed by atoms with E-state index >= 15 is 0 Å². The Morgan fingerprint density at radius 1 is 1.11 bits per heavy atom. The largest absolute Gasteiger partial charge is 0.378 e. The van der Waals surface area contributed by atoms with E-state index in [4.69, 9.17) is 9.57 Å². The molecule has 0 atom stereocenters. The van der Waals surface area contributed by atoms with Gasteiger partial charge in [0, 0.05) is 13.1 Å². The summed E-state index contributed by atoms with van der Waals surface area (Å²) in [5, 5.41) is 0. The first-order valence-corrected chi connectivity index (χ1v) is 6.61. The van der Waals surface area contributed by atoms with Crippen LogP contribution in [0.25, 0.3) is 0 Å². The zero-order chi connectivity index (χ0) is 12.8. The van der Waals surface area contributed by atoms with E-state index in [0.717, 1.165) is 25.7 Å². The van der Waals surface area contributed by atoms with E-state index in [1.807, 2.05) is 0 Å². The molecule has 1 saturated heterocycles. The quantitative estimate of drug-likeness (QED) is 0.712.